The summed E-state index contributed by atoms with van der Waals surface area (Å²) in [6.45, 7) is 2.26. The van der Waals surface area contributed by atoms with Crippen LogP contribution in [0.3, 0.4) is 0 Å². The maximum absolute atomic E-state index is 12.8. The van der Waals surface area contributed by atoms with Crippen molar-refractivity contribution in [1.82, 2.24) is 4.90 Å². The van der Waals surface area contributed by atoms with Crippen LogP contribution in [0.4, 0.5) is 0 Å². The Morgan fingerprint density at radius 1 is 1.05 bits per heavy atom. The largest absolute Gasteiger partial charge is 0.481 e. The van der Waals surface area contributed by atoms with Crippen LogP contribution >= 0.6 is 0 Å². The summed E-state index contributed by atoms with van der Waals surface area (Å²) in [5.74, 6) is -2.42. The Balaban J connectivity index is 1.70. The molecule has 1 N–H and O–H groups in total. The van der Waals surface area contributed by atoms with E-state index >= 15 is 0 Å². The topological polar surface area (TPSA) is 76.1 Å². The third-order valence-electron chi connectivity index (χ3n) is 4.94. The van der Waals surface area contributed by atoms with E-state index < -0.39 is 17.7 Å². The zero-order chi connectivity index (χ0) is 14.9. The zero-order valence-corrected chi connectivity index (χ0v) is 12.3. The third-order valence-corrected chi connectivity index (χ3v) is 4.94. The van der Waals surface area contributed by atoms with Crippen molar-refractivity contribution < 1.29 is 24.2 Å². The number of piperidine rings is 1. The molecule has 0 aromatic heterocycles. The minimum Gasteiger partial charge on any atom is -0.481 e. The molecule has 118 valence electrons. The van der Waals surface area contributed by atoms with Crippen LogP contribution < -0.4 is 0 Å². The molecular formula is C15H23NO5. The molecule has 3 aliphatic rings. The smallest absolute Gasteiger partial charge is 0.307 e. The van der Waals surface area contributed by atoms with Gasteiger partial charge in [0.1, 0.15) is 0 Å². The monoisotopic (exact) mass is 297 g/mol. The Hall–Kier alpha value is -1.14. The first kappa shape index (κ1) is 14.8. The van der Waals surface area contributed by atoms with Gasteiger partial charge in [-0.3, -0.25) is 9.59 Å². The molecule has 2 atom stereocenters. The molecule has 2 aliphatic heterocycles. The molecule has 21 heavy (non-hydrogen) atoms. The van der Waals surface area contributed by atoms with Gasteiger partial charge in [-0.25, -0.2) is 0 Å². The molecule has 3 fully saturated rings. The van der Waals surface area contributed by atoms with Gasteiger partial charge < -0.3 is 19.5 Å². The minimum atomic E-state index is -0.840. The Labute approximate surface area is 124 Å². The van der Waals surface area contributed by atoms with Gasteiger partial charge in [0.15, 0.2) is 5.79 Å². The molecule has 1 amide bonds. The second-order valence-electron chi connectivity index (χ2n) is 6.31. The summed E-state index contributed by atoms with van der Waals surface area (Å²) in [6.07, 6.45) is 4.78. The summed E-state index contributed by atoms with van der Waals surface area (Å²) in [4.78, 5) is 25.9. The van der Waals surface area contributed by atoms with Crippen molar-refractivity contribution in [2.45, 2.75) is 44.3 Å². The Morgan fingerprint density at radius 3 is 2.38 bits per heavy atom. The normalized spacial score (nSPS) is 32.3. The highest BCUT2D eigenvalue weighted by molar-refractivity contribution is 5.85. The van der Waals surface area contributed by atoms with E-state index in [4.69, 9.17) is 9.47 Å². The lowest BCUT2D eigenvalue weighted by Crippen LogP contribution is -2.53. The van der Waals surface area contributed by atoms with Crippen LogP contribution in [0.5, 0.6) is 0 Å². The highest BCUT2D eigenvalue weighted by Crippen LogP contribution is 2.35. The number of aliphatic carboxylic acids is 1. The van der Waals surface area contributed by atoms with E-state index in [-0.39, 0.29) is 11.8 Å². The van der Waals surface area contributed by atoms with Gasteiger partial charge in [-0.15, -0.1) is 0 Å². The van der Waals surface area contributed by atoms with E-state index in [0.717, 1.165) is 25.7 Å². The number of carboxylic acid groups (broad SMARTS) is 1. The van der Waals surface area contributed by atoms with Crippen LogP contribution in [0.25, 0.3) is 0 Å². The van der Waals surface area contributed by atoms with Gasteiger partial charge in [-0.1, -0.05) is 12.8 Å². The standard InChI is InChI=1S/C15H23NO5/c17-13(11-4-1-2-5-12(11)14(18)19)16-7-3-6-15(10-16)20-8-9-21-15/h11-12H,1-10H2,(H,18,19)/t11-,12+/m1/s1. The van der Waals surface area contributed by atoms with Crippen LogP contribution in [-0.4, -0.2) is 54.0 Å². The van der Waals surface area contributed by atoms with Crippen molar-refractivity contribution in [3.05, 3.63) is 0 Å². The van der Waals surface area contributed by atoms with Gasteiger partial charge in [0, 0.05) is 13.0 Å². The fraction of sp³-hybridized carbons (Fsp3) is 0.867. The van der Waals surface area contributed by atoms with Crippen LogP contribution in [0.1, 0.15) is 38.5 Å². The molecule has 3 rings (SSSR count). The number of amides is 1. The number of nitrogens with zero attached hydrogens (tertiary/aromatic N) is 1. The predicted molar refractivity (Wildman–Crippen MR) is 73.5 cm³/mol. The molecule has 2 saturated heterocycles. The van der Waals surface area contributed by atoms with Crippen LogP contribution in [0, 0.1) is 11.8 Å². The SMILES string of the molecule is O=C(O)[C@H]1CCCC[C@H]1C(=O)N1CCCC2(C1)OCCO2. The molecule has 1 spiro atoms. The van der Waals surface area contributed by atoms with Crippen molar-refractivity contribution in [1.29, 1.82) is 0 Å². The summed E-state index contributed by atoms with van der Waals surface area (Å²) in [7, 11) is 0. The molecule has 0 radical (unpaired) electrons. The van der Waals surface area contributed by atoms with E-state index in [1.54, 1.807) is 4.90 Å². The fourth-order valence-electron chi connectivity index (χ4n) is 3.87. The molecule has 1 aliphatic carbocycles. The van der Waals surface area contributed by atoms with Crippen molar-refractivity contribution in [3.8, 4) is 0 Å². The van der Waals surface area contributed by atoms with E-state index in [0.29, 0.717) is 39.1 Å². The van der Waals surface area contributed by atoms with E-state index in [2.05, 4.69) is 0 Å². The van der Waals surface area contributed by atoms with Crippen LogP contribution in [-0.2, 0) is 19.1 Å². The van der Waals surface area contributed by atoms with Gasteiger partial charge in [0.05, 0.1) is 31.6 Å². The van der Waals surface area contributed by atoms with Gasteiger partial charge in [0.25, 0.3) is 0 Å². The number of likely N-dealkylation sites (tertiary alicyclic amines) is 1. The van der Waals surface area contributed by atoms with Crippen molar-refractivity contribution in [2.75, 3.05) is 26.3 Å². The molecule has 6 nitrogen and oxygen atoms in total. The first-order valence-corrected chi connectivity index (χ1v) is 7.91. The number of carboxylic acids is 1. The quantitative estimate of drug-likeness (QED) is 0.830. The van der Waals surface area contributed by atoms with Crippen molar-refractivity contribution >= 4 is 11.9 Å². The molecule has 0 unspecified atom stereocenters. The average Bonchev–Trinajstić information content (AvgIpc) is 2.94. The highest BCUT2D eigenvalue weighted by atomic mass is 16.7. The molecular weight excluding hydrogens is 274 g/mol. The van der Waals surface area contributed by atoms with E-state index in [1.807, 2.05) is 0 Å². The number of hydrogen-bond acceptors (Lipinski definition) is 4. The molecule has 0 aromatic rings. The molecule has 0 bridgehead atoms. The Kier molecular flexibility index (Phi) is 4.17. The highest BCUT2D eigenvalue weighted by Gasteiger charge is 2.45. The van der Waals surface area contributed by atoms with Crippen molar-refractivity contribution in [2.24, 2.45) is 11.8 Å². The van der Waals surface area contributed by atoms with Crippen LogP contribution in [0.15, 0.2) is 0 Å². The van der Waals surface area contributed by atoms with E-state index in [1.165, 1.54) is 0 Å². The van der Waals surface area contributed by atoms with Crippen molar-refractivity contribution in [3.63, 3.8) is 0 Å². The first-order valence-electron chi connectivity index (χ1n) is 7.91. The summed E-state index contributed by atoms with van der Waals surface area (Å²) in [5.41, 5.74) is 0. The van der Waals surface area contributed by atoms with Gasteiger partial charge in [0.2, 0.25) is 5.91 Å². The zero-order valence-electron chi connectivity index (χ0n) is 12.3. The Morgan fingerprint density at radius 2 is 1.71 bits per heavy atom. The van der Waals surface area contributed by atoms with Crippen LogP contribution in [0.2, 0.25) is 0 Å². The molecule has 1 saturated carbocycles. The third kappa shape index (κ3) is 2.92. The van der Waals surface area contributed by atoms with Gasteiger partial charge in [-0.05, 0) is 19.3 Å². The minimum absolute atomic E-state index is 0.0275. The summed E-state index contributed by atoms with van der Waals surface area (Å²) in [6, 6.07) is 0. The van der Waals surface area contributed by atoms with Gasteiger partial charge >= 0.3 is 5.97 Å². The fourth-order valence-corrected chi connectivity index (χ4v) is 3.87. The van der Waals surface area contributed by atoms with E-state index in [9.17, 15) is 14.7 Å². The summed E-state index contributed by atoms with van der Waals surface area (Å²) < 4.78 is 11.4. The molecule has 2 heterocycles. The van der Waals surface area contributed by atoms with Gasteiger partial charge in [-0.2, -0.15) is 0 Å². The number of hydrogen-bond donors (Lipinski definition) is 1. The maximum atomic E-state index is 12.8. The lowest BCUT2D eigenvalue weighted by Gasteiger charge is -2.41. The lowest BCUT2D eigenvalue weighted by molar-refractivity contribution is -0.195. The average molecular weight is 297 g/mol. The predicted octanol–water partition coefficient (Wildman–Crippen LogP) is 1.24. The number of carbonyl (C=O) groups is 2. The molecule has 0 aromatic carbocycles. The number of rotatable bonds is 2. The maximum Gasteiger partial charge on any atom is 0.307 e. The molecule has 6 heteroatoms. The first-order chi connectivity index (χ1) is 10.1. The lowest BCUT2D eigenvalue weighted by atomic mass is 9.78. The number of ether oxygens (including phenoxy) is 2. The Bertz CT molecular complexity index is 418. The summed E-state index contributed by atoms with van der Waals surface area (Å²) in [5, 5.41) is 9.34. The second kappa shape index (κ2) is 5.93. The number of carbonyl (C=O) groups excluding carboxylic acids is 1. The second-order valence-corrected chi connectivity index (χ2v) is 6.31. The summed E-state index contributed by atoms with van der Waals surface area (Å²) >= 11 is 0.